The Morgan fingerprint density at radius 1 is 1.17 bits per heavy atom. The van der Waals surface area contributed by atoms with Crippen molar-refractivity contribution in [2.45, 2.75) is 19.9 Å². The Hall–Kier alpha value is -4.44. The lowest BCUT2D eigenvalue weighted by Gasteiger charge is -2.24. The van der Waals surface area contributed by atoms with E-state index in [-0.39, 0.29) is 27.7 Å². The van der Waals surface area contributed by atoms with Crippen LogP contribution in [0, 0.1) is 17.0 Å². The summed E-state index contributed by atoms with van der Waals surface area (Å²) in [5.41, 5.74) is 0.889. The number of Topliss-reactive ketones (excluding diaryl/α,β-unsaturated/α-hetero) is 1. The number of benzene rings is 2. The zero-order valence-corrected chi connectivity index (χ0v) is 19.5. The number of thiazole rings is 1. The summed E-state index contributed by atoms with van der Waals surface area (Å²) in [6, 6.07) is 13.3. The van der Waals surface area contributed by atoms with Crippen molar-refractivity contribution in [3.05, 3.63) is 104 Å². The van der Waals surface area contributed by atoms with Crippen LogP contribution in [-0.2, 0) is 9.59 Å². The average Bonchev–Trinajstić information content (AvgIpc) is 3.35. The minimum Gasteiger partial charge on any atom is -0.503 e. The first kappa shape index (κ1) is 23.7. The zero-order valence-electron chi connectivity index (χ0n) is 18.7. The highest BCUT2D eigenvalue weighted by Crippen LogP contribution is 2.43. The molecule has 0 radical (unpaired) electrons. The Labute approximate surface area is 203 Å². The van der Waals surface area contributed by atoms with Crippen LogP contribution in [0.1, 0.15) is 39.5 Å². The molecule has 1 unspecified atom stereocenters. The molecule has 3 aromatic rings. The summed E-state index contributed by atoms with van der Waals surface area (Å²) in [5.74, 6) is -2.55. The molecule has 35 heavy (non-hydrogen) atoms. The van der Waals surface area contributed by atoms with Gasteiger partial charge in [-0.3, -0.25) is 29.4 Å². The molecule has 4 rings (SSSR count). The molecule has 1 aliphatic rings. The minimum absolute atomic E-state index is 0.0931. The van der Waals surface area contributed by atoms with Gasteiger partial charge in [-0.1, -0.05) is 59.9 Å². The number of nitro groups is 1. The van der Waals surface area contributed by atoms with Crippen molar-refractivity contribution in [2.24, 2.45) is 0 Å². The molecular weight excluding hydrogens is 470 g/mol. The number of non-ortho nitro benzene ring substituents is 1. The van der Waals surface area contributed by atoms with Gasteiger partial charge in [-0.25, -0.2) is 4.98 Å². The number of amides is 1. The molecule has 1 aromatic heterocycles. The van der Waals surface area contributed by atoms with Gasteiger partial charge in [0.05, 0.1) is 27.1 Å². The van der Waals surface area contributed by atoms with Gasteiger partial charge in [0.1, 0.15) is 0 Å². The number of aromatic nitrogens is 1. The number of ketones is 2. The maximum Gasteiger partial charge on any atom is 0.296 e. The molecule has 10 heteroatoms. The Morgan fingerprint density at radius 2 is 1.89 bits per heavy atom. The van der Waals surface area contributed by atoms with Gasteiger partial charge >= 0.3 is 0 Å². The predicted molar refractivity (Wildman–Crippen MR) is 130 cm³/mol. The number of hydrogen-bond donors (Lipinski definition) is 1. The fourth-order valence-electron chi connectivity index (χ4n) is 3.82. The molecule has 2 heterocycles. The molecule has 0 fully saturated rings. The summed E-state index contributed by atoms with van der Waals surface area (Å²) in [5, 5.41) is 22.2. The normalized spacial score (nSPS) is 15.8. The predicted octanol–water partition coefficient (Wildman–Crippen LogP) is 4.74. The number of carbonyl (C=O) groups excluding carboxylic acids is 3. The Morgan fingerprint density at radius 3 is 2.51 bits per heavy atom. The van der Waals surface area contributed by atoms with Crippen LogP contribution in [0.4, 0.5) is 10.8 Å². The monoisotopic (exact) mass is 489 g/mol. The van der Waals surface area contributed by atoms with E-state index in [4.69, 9.17) is 0 Å². The number of rotatable bonds is 7. The van der Waals surface area contributed by atoms with Crippen LogP contribution < -0.4 is 4.90 Å². The highest BCUT2D eigenvalue weighted by molar-refractivity contribution is 7.17. The van der Waals surface area contributed by atoms with E-state index in [0.29, 0.717) is 10.6 Å². The molecule has 0 spiro atoms. The largest absolute Gasteiger partial charge is 0.503 e. The molecule has 1 N–H and O–H groups in total. The van der Waals surface area contributed by atoms with Gasteiger partial charge in [0.2, 0.25) is 0 Å². The molecular formula is C25H19N3O6S. The van der Waals surface area contributed by atoms with Crippen LogP contribution in [-0.4, -0.2) is 32.5 Å². The summed E-state index contributed by atoms with van der Waals surface area (Å²) >= 11 is 0.947. The van der Waals surface area contributed by atoms with Gasteiger partial charge < -0.3 is 5.11 Å². The molecule has 9 nitrogen and oxygen atoms in total. The first-order valence-corrected chi connectivity index (χ1v) is 11.3. The van der Waals surface area contributed by atoms with E-state index < -0.39 is 28.4 Å². The smallest absolute Gasteiger partial charge is 0.296 e. The van der Waals surface area contributed by atoms with Crippen LogP contribution in [0.25, 0.3) is 6.08 Å². The fourth-order valence-corrected chi connectivity index (χ4v) is 4.80. The van der Waals surface area contributed by atoms with Crippen LogP contribution in [0.15, 0.2) is 72.0 Å². The molecule has 0 bridgehead atoms. The summed E-state index contributed by atoms with van der Waals surface area (Å²) in [4.78, 5) is 54.9. The SMILES string of the molecule is CC(=O)c1sc(N2C(=O)C(O)=C(C(=O)C=Cc3ccccc3)C2c2cccc([N+](=O)[O-])c2)nc1C. The number of anilines is 1. The van der Waals surface area contributed by atoms with Gasteiger partial charge in [-0.05, 0) is 24.1 Å². The second-order valence-electron chi connectivity index (χ2n) is 7.77. The lowest BCUT2D eigenvalue weighted by molar-refractivity contribution is -0.384. The van der Waals surface area contributed by atoms with E-state index in [1.165, 1.54) is 37.3 Å². The minimum atomic E-state index is -1.18. The van der Waals surface area contributed by atoms with E-state index >= 15 is 0 Å². The van der Waals surface area contributed by atoms with Gasteiger partial charge in [0.15, 0.2) is 22.5 Å². The molecule has 176 valence electrons. The maximum atomic E-state index is 13.2. The average molecular weight is 490 g/mol. The number of hydrogen-bond acceptors (Lipinski definition) is 8. The van der Waals surface area contributed by atoms with E-state index in [2.05, 4.69) is 4.98 Å². The van der Waals surface area contributed by atoms with E-state index in [1.54, 1.807) is 37.3 Å². The van der Waals surface area contributed by atoms with Crippen molar-refractivity contribution in [1.82, 2.24) is 4.98 Å². The number of nitro benzene ring substituents is 1. The quantitative estimate of drug-likeness (QED) is 0.219. The Kier molecular flexibility index (Phi) is 6.39. The van der Waals surface area contributed by atoms with Crippen molar-refractivity contribution >= 4 is 45.7 Å². The van der Waals surface area contributed by atoms with Crippen molar-refractivity contribution < 1.29 is 24.4 Å². The van der Waals surface area contributed by atoms with Gasteiger partial charge in [-0.15, -0.1) is 0 Å². The molecule has 1 aliphatic heterocycles. The number of nitrogens with zero attached hydrogens (tertiary/aromatic N) is 3. The number of carbonyl (C=O) groups is 3. The maximum absolute atomic E-state index is 13.2. The lowest BCUT2D eigenvalue weighted by Crippen LogP contribution is -2.30. The fraction of sp³-hybridized carbons (Fsp3) is 0.120. The number of aliphatic hydroxyl groups is 1. The van der Waals surface area contributed by atoms with Crippen molar-refractivity contribution in [3.63, 3.8) is 0 Å². The summed E-state index contributed by atoms with van der Waals surface area (Å²) in [6.07, 6.45) is 2.78. The van der Waals surface area contributed by atoms with E-state index in [0.717, 1.165) is 21.8 Å². The van der Waals surface area contributed by atoms with Crippen molar-refractivity contribution in [3.8, 4) is 0 Å². The van der Waals surface area contributed by atoms with Gasteiger partial charge in [-0.2, -0.15) is 0 Å². The molecule has 2 aromatic carbocycles. The first-order chi connectivity index (χ1) is 16.7. The van der Waals surface area contributed by atoms with Crippen LogP contribution in [0.3, 0.4) is 0 Å². The lowest BCUT2D eigenvalue weighted by atomic mass is 9.95. The number of aliphatic hydroxyl groups excluding tert-OH is 1. The highest BCUT2D eigenvalue weighted by atomic mass is 32.1. The highest BCUT2D eigenvalue weighted by Gasteiger charge is 2.45. The first-order valence-electron chi connectivity index (χ1n) is 10.5. The molecule has 1 atom stereocenters. The zero-order chi connectivity index (χ0) is 25.3. The van der Waals surface area contributed by atoms with Gasteiger partial charge in [0, 0.05) is 19.1 Å². The second-order valence-corrected chi connectivity index (χ2v) is 8.75. The molecule has 0 aliphatic carbocycles. The molecule has 0 saturated heterocycles. The van der Waals surface area contributed by atoms with Crippen molar-refractivity contribution in [1.29, 1.82) is 0 Å². The van der Waals surface area contributed by atoms with E-state index in [9.17, 15) is 29.6 Å². The van der Waals surface area contributed by atoms with Crippen LogP contribution in [0.2, 0.25) is 0 Å². The van der Waals surface area contributed by atoms with Gasteiger partial charge in [0.25, 0.3) is 11.6 Å². The second kappa shape index (κ2) is 9.43. The van der Waals surface area contributed by atoms with Crippen LogP contribution in [0.5, 0.6) is 0 Å². The topological polar surface area (TPSA) is 131 Å². The third-order valence-electron chi connectivity index (χ3n) is 5.41. The Bertz CT molecular complexity index is 1420. The summed E-state index contributed by atoms with van der Waals surface area (Å²) in [6.45, 7) is 2.98. The van der Waals surface area contributed by atoms with E-state index in [1.807, 2.05) is 6.07 Å². The molecule has 1 amide bonds. The standard InChI is InChI=1S/C25H19N3O6S/c1-14-23(15(2)29)35-25(26-14)27-21(17-9-6-10-18(13-17)28(33)34)20(22(31)24(27)32)19(30)12-11-16-7-4-3-5-8-16/h3-13,21,31H,1-2H3. The summed E-state index contributed by atoms with van der Waals surface area (Å²) < 4.78 is 0. The number of allylic oxidation sites excluding steroid dienone is 1. The Balaban J connectivity index is 1.84. The number of aryl methyl sites for hydroxylation is 1. The van der Waals surface area contributed by atoms with Crippen LogP contribution >= 0.6 is 11.3 Å². The third-order valence-corrected chi connectivity index (χ3v) is 6.67. The summed E-state index contributed by atoms with van der Waals surface area (Å²) in [7, 11) is 0. The third kappa shape index (κ3) is 4.51. The van der Waals surface area contributed by atoms with Crippen molar-refractivity contribution in [2.75, 3.05) is 4.90 Å². The molecule has 0 saturated carbocycles.